The Labute approximate surface area is 118 Å². The summed E-state index contributed by atoms with van der Waals surface area (Å²) in [5.74, 6) is 0.744. The van der Waals surface area contributed by atoms with Crippen LogP contribution in [0.25, 0.3) is 0 Å². The van der Waals surface area contributed by atoms with Crippen LogP contribution in [-0.2, 0) is 20.2 Å². The van der Waals surface area contributed by atoms with Crippen LogP contribution in [0.4, 0.5) is 0 Å². The summed E-state index contributed by atoms with van der Waals surface area (Å²) in [6, 6.07) is 5.80. The van der Waals surface area contributed by atoms with Crippen LogP contribution < -0.4 is 10.1 Å². The van der Waals surface area contributed by atoms with Crippen molar-refractivity contribution in [3.8, 4) is 5.75 Å². The molecule has 0 amide bonds. The number of ether oxygens (including phenoxy) is 1. The van der Waals surface area contributed by atoms with Crippen LogP contribution in [0.15, 0.2) is 30.6 Å². The molecule has 0 bridgehead atoms. The third-order valence-corrected chi connectivity index (χ3v) is 3.05. The van der Waals surface area contributed by atoms with Gasteiger partial charge < -0.3 is 10.1 Å². The van der Waals surface area contributed by atoms with Crippen LogP contribution in [0, 0.1) is 0 Å². The zero-order valence-corrected chi connectivity index (χ0v) is 11.9. The van der Waals surface area contributed by atoms with E-state index in [1.165, 1.54) is 0 Å². The Morgan fingerprint density at radius 1 is 1.42 bits per heavy atom. The van der Waals surface area contributed by atoms with E-state index < -0.39 is 0 Å². The number of benzene rings is 1. The summed E-state index contributed by atoms with van der Waals surface area (Å²) >= 11 is 6.21. The number of hydrogen-bond donors (Lipinski definition) is 1. The lowest BCUT2D eigenvalue weighted by molar-refractivity contribution is 0.302. The fraction of sp³-hybridized carbons (Fsp3) is 0.357. The normalized spacial score (nSPS) is 10.7. The molecule has 0 spiro atoms. The molecule has 102 valence electrons. The molecule has 2 aromatic rings. The molecule has 0 fully saturated rings. The first-order chi connectivity index (χ1) is 9.20. The number of halogens is 1. The summed E-state index contributed by atoms with van der Waals surface area (Å²) in [6.07, 6.45) is 3.72. The van der Waals surface area contributed by atoms with Gasteiger partial charge in [0.05, 0.1) is 11.2 Å². The molecule has 1 aromatic carbocycles. The SMILES string of the molecule is CCNCc1cccc(Cl)c1OCc1cnn(C)c1. The molecule has 1 N–H and O–H groups in total. The maximum Gasteiger partial charge on any atom is 0.142 e. The van der Waals surface area contributed by atoms with Gasteiger partial charge in [-0.3, -0.25) is 4.68 Å². The monoisotopic (exact) mass is 279 g/mol. The van der Waals surface area contributed by atoms with Crippen LogP contribution in [0.2, 0.25) is 5.02 Å². The highest BCUT2D eigenvalue weighted by atomic mass is 35.5. The first kappa shape index (κ1) is 13.9. The van der Waals surface area contributed by atoms with Crippen molar-refractivity contribution >= 4 is 11.6 Å². The molecule has 0 saturated heterocycles. The lowest BCUT2D eigenvalue weighted by Gasteiger charge is -2.12. The van der Waals surface area contributed by atoms with Crippen molar-refractivity contribution < 1.29 is 4.74 Å². The predicted molar refractivity (Wildman–Crippen MR) is 76.4 cm³/mol. The van der Waals surface area contributed by atoms with E-state index in [0.717, 1.165) is 30.0 Å². The van der Waals surface area contributed by atoms with Crippen LogP contribution in [0.3, 0.4) is 0 Å². The highest BCUT2D eigenvalue weighted by molar-refractivity contribution is 6.32. The first-order valence-corrected chi connectivity index (χ1v) is 6.67. The number of hydrogen-bond acceptors (Lipinski definition) is 3. The van der Waals surface area contributed by atoms with E-state index in [1.54, 1.807) is 10.9 Å². The van der Waals surface area contributed by atoms with Crippen LogP contribution >= 0.6 is 11.6 Å². The van der Waals surface area contributed by atoms with Gasteiger partial charge in [-0.1, -0.05) is 30.7 Å². The molecule has 0 aliphatic rings. The minimum absolute atomic E-state index is 0.469. The molecule has 0 aliphatic heterocycles. The van der Waals surface area contributed by atoms with Gasteiger partial charge >= 0.3 is 0 Å². The molecular formula is C14H18ClN3O. The molecule has 4 nitrogen and oxygen atoms in total. The minimum atomic E-state index is 0.469. The van der Waals surface area contributed by atoms with Crippen LogP contribution in [0.1, 0.15) is 18.1 Å². The molecule has 19 heavy (non-hydrogen) atoms. The third kappa shape index (κ3) is 3.72. The van der Waals surface area contributed by atoms with E-state index in [1.807, 2.05) is 31.4 Å². The zero-order valence-electron chi connectivity index (χ0n) is 11.2. The molecule has 1 heterocycles. The second-order valence-corrected chi connectivity index (χ2v) is 4.73. The molecule has 2 rings (SSSR count). The molecule has 0 unspecified atom stereocenters. The number of aromatic nitrogens is 2. The average Bonchev–Trinajstić information content (AvgIpc) is 2.81. The highest BCUT2D eigenvalue weighted by Gasteiger charge is 2.08. The maximum absolute atomic E-state index is 6.21. The first-order valence-electron chi connectivity index (χ1n) is 6.29. The summed E-state index contributed by atoms with van der Waals surface area (Å²) in [6.45, 7) is 4.20. The molecule has 0 saturated carbocycles. The third-order valence-electron chi connectivity index (χ3n) is 2.76. The van der Waals surface area contributed by atoms with Gasteiger partial charge in [0.1, 0.15) is 12.4 Å². The molecular weight excluding hydrogens is 262 g/mol. The summed E-state index contributed by atoms with van der Waals surface area (Å²) in [5.41, 5.74) is 2.09. The largest absolute Gasteiger partial charge is 0.487 e. The number of para-hydroxylation sites is 1. The summed E-state index contributed by atoms with van der Waals surface area (Å²) in [4.78, 5) is 0. The maximum atomic E-state index is 6.21. The van der Waals surface area contributed by atoms with Gasteiger partial charge in [0.2, 0.25) is 0 Å². The standard InChI is InChI=1S/C14H18ClN3O/c1-3-16-8-12-5-4-6-13(15)14(12)19-10-11-7-17-18(2)9-11/h4-7,9,16H,3,8,10H2,1-2H3. The van der Waals surface area contributed by atoms with E-state index in [9.17, 15) is 0 Å². The molecule has 1 aromatic heterocycles. The van der Waals surface area contributed by atoms with Gasteiger partial charge in [0.15, 0.2) is 0 Å². The number of aryl methyl sites for hydroxylation is 1. The second-order valence-electron chi connectivity index (χ2n) is 4.32. The van der Waals surface area contributed by atoms with Crippen molar-refractivity contribution in [3.05, 3.63) is 46.7 Å². The van der Waals surface area contributed by atoms with Gasteiger partial charge in [0.25, 0.3) is 0 Å². The minimum Gasteiger partial charge on any atom is -0.487 e. The van der Waals surface area contributed by atoms with Crippen molar-refractivity contribution in [1.82, 2.24) is 15.1 Å². The van der Waals surface area contributed by atoms with Gasteiger partial charge in [0, 0.05) is 30.9 Å². The number of nitrogens with zero attached hydrogens (tertiary/aromatic N) is 2. The van der Waals surface area contributed by atoms with Crippen molar-refractivity contribution in [1.29, 1.82) is 0 Å². The molecule has 0 atom stereocenters. The van der Waals surface area contributed by atoms with Crippen molar-refractivity contribution in [2.75, 3.05) is 6.54 Å². The zero-order chi connectivity index (χ0) is 13.7. The smallest absolute Gasteiger partial charge is 0.142 e. The van der Waals surface area contributed by atoms with Crippen molar-refractivity contribution in [2.45, 2.75) is 20.1 Å². The Balaban J connectivity index is 2.09. The quantitative estimate of drug-likeness (QED) is 0.884. The predicted octanol–water partition coefficient (Wildman–Crippen LogP) is 2.76. The highest BCUT2D eigenvalue weighted by Crippen LogP contribution is 2.29. The Morgan fingerprint density at radius 3 is 2.95 bits per heavy atom. The van der Waals surface area contributed by atoms with E-state index in [4.69, 9.17) is 16.3 Å². The lowest BCUT2D eigenvalue weighted by atomic mass is 10.2. The van der Waals surface area contributed by atoms with Crippen LogP contribution in [-0.4, -0.2) is 16.3 Å². The molecule has 0 aliphatic carbocycles. The summed E-state index contributed by atoms with van der Waals surface area (Å²) in [7, 11) is 1.88. The van der Waals surface area contributed by atoms with E-state index >= 15 is 0 Å². The average molecular weight is 280 g/mol. The van der Waals surface area contributed by atoms with Gasteiger partial charge in [-0.05, 0) is 12.6 Å². The van der Waals surface area contributed by atoms with E-state index in [-0.39, 0.29) is 0 Å². The van der Waals surface area contributed by atoms with Gasteiger partial charge in [-0.15, -0.1) is 0 Å². The van der Waals surface area contributed by atoms with E-state index in [2.05, 4.69) is 17.3 Å². The fourth-order valence-electron chi connectivity index (χ4n) is 1.82. The van der Waals surface area contributed by atoms with E-state index in [0.29, 0.717) is 11.6 Å². The Kier molecular flexibility index (Phi) is 4.82. The number of nitrogens with one attached hydrogen (secondary N) is 1. The Hall–Kier alpha value is -1.52. The number of rotatable bonds is 6. The fourth-order valence-corrected chi connectivity index (χ4v) is 2.06. The molecule has 5 heteroatoms. The summed E-state index contributed by atoms with van der Waals surface area (Å²) in [5, 5.41) is 8.03. The Bertz CT molecular complexity index is 539. The second kappa shape index (κ2) is 6.59. The lowest BCUT2D eigenvalue weighted by Crippen LogP contribution is -2.13. The molecule has 0 radical (unpaired) electrons. The van der Waals surface area contributed by atoms with Gasteiger partial charge in [-0.2, -0.15) is 5.10 Å². The van der Waals surface area contributed by atoms with Gasteiger partial charge in [-0.25, -0.2) is 0 Å². The summed E-state index contributed by atoms with van der Waals surface area (Å²) < 4.78 is 7.59. The van der Waals surface area contributed by atoms with Crippen LogP contribution in [0.5, 0.6) is 5.75 Å². The topological polar surface area (TPSA) is 39.1 Å². The van der Waals surface area contributed by atoms with Crippen molar-refractivity contribution in [2.24, 2.45) is 7.05 Å². The Morgan fingerprint density at radius 2 is 2.26 bits per heavy atom. The van der Waals surface area contributed by atoms with Crippen molar-refractivity contribution in [3.63, 3.8) is 0 Å².